The Hall–Kier alpha value is -1.88. The summed E-state index contributed by atoms with van der Waals surface area (Å²) in [7, 11) is 1.50. The summed E-state index contributed by atoms with van der Waals surface area (Å²) in [5.74, 6) is -0.00752. The summed E-state index contributed by atoms with van der Waals surface area (Å²) >= 11 is 0. The van der Waals surface area contributed by atoms with Crippen molar-refractivity contribution in [1.82, 2.24) is 4.90 Å². The average Bonchev–Trinajstić information content (AvgIpc) is 2.85. The molecule has 0 bridgehead atoms. The number of likely N-dealkylation sites (N-methyl/N-ethyl adjacent to an activating group) is 1. The van der Waals surface area contributed by atoms with E-state index in [0.717, 1.165) is 19.3 Å². The minimum Gasteiger partial charge on any atom is -0.511 e. The highest BCUT2D eigenvalue weighted by Crippen LogP contribution is 2.56. The highest BCUT2D eigenvalue weighted by atomic mass is 16.3. The molecular weight excluding hydrogens is 342 g/mol. The molecule has 3 rings (SSSR count). The van der Waals surface area contributed by atoms with Crippen molar-refractivity contribution in [3.8, 4) is 0 Å². The molecule has 0 aromatic rings. The van der Waals surface area contributed by atoms with Gasteiger partial charge in [0.1, 0.15) is 17.4 Å². The van der Waals surface area contributed by atoms with Gasteiger partial charge in [0.15, 0.2) is 5.78 Å². The third-order valence-electron chi connectivity index (χ3n) is 7.06. The van der Waals surface area contributed by atoms with Crippen LogP contribution in [-0.4, -0.2) is 46.5 Å². The van der Waals surface area contributed by atoms with Crippen molar-refractivity contribution in [3.05, 3.63) is 35.6 Å². The number of allylic oxidation sites excluding steroid dienone is 5. The predicted octanol–water partition coefficient (Wildman–Crippen LogP) is 3.02. The number of aliphatic hydroxyl groups is 2. The Morgan fingerprint density at radius 1 is 1.33 bits per heavy atom. The number of fused-ring (bicyclic) bond motifs is 1. The smallest absolute Gasteiger partial charge is 0.261 e. The van der Waals surface area contributed by atoms with E-state index in [9.17, 15) is 19.8 Å². The van der Waals surface area contributed by atoms with Crippen LogP contribution in [0.2, 0.25) is 0 Å². The molecule has 1 amide bonds. The van der Waals surface area contributed by atoms with E-state index in [1.165, 1.54) is 11.9 Å². The largest absolute Gasteiger partial charge is 0.511 e. The van der Waals surface area contributed by atoms with E-state index in [-0.39, 0.29) is 23.2 Å². The van der Waals surface area contributed by atoms with Crippen LogP contribution in [0.5, 0.6) is 0 Å². The Kier molecular flexibility index (Phi) is 5.35. The first-order valence-electron chi connectivity index (χ1n) is 9.94. The van der Waals surface area contributed by atoms with Crippen molar-refractivity contribution in [2.24, 2.45) is 29.1 Å². The fourth-order valence-electron chi connectivity index (χ4n) is 5.35. The predicted molar refractivity (Wildman–Crippen MR) is 104 cm³/mol. The average molecular weight is 373 g/mol. The van der Waals surface area contributed by atoms with Crippen LogP contribution in [-0.2, 0) is 9.59 Å². The number of rotatable bonds is 3. The van der Waals surface area contributed by atoms with Crippen LogP contribution in [0, 0.1) is 29.1 Å². The maximum atomic E-state index is 12.8. The van der Waals surface area contributed by atoms with Gasteiger partial charge in [0.2, 0.25) is 0 Å². The lowest BCUT2D eigenvalue weighted by Gasteiger charge is -2.50. The summed E-state index contributed by atoms with van der Waals surface area (Å²) in [6.45, 7) is 5.75. The lowest BCUT2D eigenvalue weighted by atomic mass is 9.54. The normalized spacial score (nSPS) is 41.4. The van der Waals surface area contributed by atoms with E-state index in [4.69, 9.17) is 0 Å². The van der Waals surface area contributed by atoms with Gasteiger partial charge in [-0.05, 0) is 37.5 Å². The van der Waals surface area contributed by atoms with Crippen molar-refractivity contribution >= 4 is 11.7 Å². The number of carbonyl (C=O) groups excluding carboxylic acids is 2. The van der Waals surface area contributed by atoms with E-state index in [0.29, 0.717) is 11.8 Å². The number of Topliss-reactive ketones (excluding diaryl/α,β-unsaturated/α-hetero) is 1. The molecule has 2 fully saturated rings. The van der Waals surface area contributed by atoms with Gasteiger partial charge in [-0.3, -0.25) is 9.59 Å². The highest BCUT2D eigenvalue weighted by molar-refractivity contribution is 6.26. The van der Waals surface area contributed by atoms with Crippen LogP contribution >= 0.6 is 0 Å². The van der Waals surface area contributed by atoms with Gasteiger partial charge in [-0.15, -0.1) is 0 Å². The van der Waals surface area contributed by atoms with Gasteiger partial charge in [0.25, 0.3) is 5.91 Å². The van der Waals surface area contributed by atoms with Crippen LogP contribution in [0.3, 0.4) is 0 Å². The molecular formula is C22H31NO4. The van der Waals surface area contributed by atoms with Gasteiger partial charge >= 0.3 is 0 Å². The second kappa shape index (κ2) is 7.27. The molecule has 0 aromatic heterocycles. The van der Waals surface area contributed by atoms with Crippen molar-refractivity contribution in [3.63, 3.8) is 0 Å². The number of hydrogen-bond donors (Lipinski definition) is 2. The van der Waals surface area contributed by atoms with Gasteiger partial charge in [-0.25, -0.2) is 0 Å². The first kappa shape index (κ1) is 19.9. The van der Waals surface area contributed by atoms with Gasteiger partial charge < -0.3 is 15.1 Å². The number of amides is 1. The molecule has 2 N–H and O–H groups in total. The molecule has 1 heterocycles. The molecule has 1 saturated carbocycles. The Labute approximate surface area is 161 Å². The van der Waals surface area contributed by atoms with Crippen molar-refractivity contribution in [1.29, 1.82) is 0 Å². The quantitative estimate of drug-likeness (QED) is 0.345. The molecule has 1 unspecified atom stereocenters. The molecule has 0 aromatic carbocycles. The summed E-state index contributed by atoms with van der Waals surface area (Å²) in [5, 5.41) is 20.9. The SMILES string of the molecule is C/C=C/C1C=C[C@@H]2C[C@H](C)CC[C@H]2[C@]1(C)C(O)=C1C(=O)[C@H](CO)N(C)C1=O. The first-order chi connectivity index (χ1) is 12.8. The topological polar surface area (TPSA) is 77.8 Å². The zero-order chi connectivity index (χ0) is 19.9. The molecule has 5 nitrogen and oxygen atoms in total. The summed E-state index contributed by atoms with van der Waals surface area (Å²) in [4.78, 5) is 26.7. The standard InChI is InChI=1S/C22H31NO4/c1-5-6-15-9-8-14-11-13(2)7-10-16(14)22(15,3)20(26)18-19(25)17(12-24)23(4)21(18)27/h5-6,8-9,13-17,24,26H,7,10-12H2,1-4H3/b6-5+,20-18?/t13-,14-,15?,16-,17+,22-/m1/s1. The summed E-state index contributed by atoms with van der Waals surface area (Å²) in [6, 6.07) is -0.903. The molecule has 1 aliphatic heterocycles. The second-order valence-corrected chi connectivity index (χ2v) is 8.61. The third-order valence-corrected chi connectivity index (χ3v) is 7.06. The van der Waals surface area contributed by atoms with Crippen LogP contribution in [0.25, 0.3) is 0 Å². The second-order valence-electron chi connectivity index (χ2n) is 8.61. The minimum atomic E-state index is -0.903. The van der Waals surface area contributed by atoms with Gasteiger partial charge in [0, 0.05) is 18.4 Å². The molecule has 3 aliphatic rings. The number of hydrogen-bond acceptors (Lipinski definition) is 4. The zero-order valence-electron chi connectivity index (χ0n) is 16.7. The molecule has 6 atom stereocenters. The fraction of sp³-hybridized carbons (Fsp3) is 0.636. The number of likely N-dealkylation sites (tertiary alicyclic amines) is 1. The summed E-state index contributed by atoms with van der Waals surface area (Å²) in [5.41, 5.74) is -0.848. The maximum Gasteiger partial charge on any atom is 0.261 e. The van der Waals surface area contributed by atoms with Crippen molar-refractivity contribution < 1.29 is 19.8 Å². The number of aliphatic hydroxyl groups excluding tert-OH is 2. The Balaban J connectivity index is 2.14. The van der Waals surface area contributed by atoms with Crippen LogP contribution in [0.4, 0.5) is 0 Å². The number of carbonyl (C=O) groups is 2. The molecule has 2 aliphatic carbocycles. The fourth-order valence-corrected chi connectivity index (χ4v) is 5.35. The van der Waals surface area contributed by atoms with Gasteiger partial charge in [-0.1, -0.05) is 44.6 Å². The van der Waals surface area contributed by atoms with Crippen LogP contribution in [0.15, 0.2) is 35.6 Å². The molecule has 148 valence electrons. The van der Waals surface area contributed by atoms with Crippen molar-refractivity contribution in [2.45, 2.75) is 46.1 Å². The molecule has 5 heteroatoms. The van der Waals surface area contributed by atoms with Crippen LogP contribution < -0.4 is 0 Å². The summed E-state index contributed by atoms with van der Waals surface area (Å²) in [6.07, 6.45) is 11.5. The van der Waals surface area contributed by atoms with E-state index in [1.54, 1.807) is 0 Å². The molecule has 27 heavy (non-hydrogen) atoms. The third kappa shape index (κ3) is 2.96. The Morgan fingerprint density at radius 2 is 2.04 bits per heavy atom. The van der Waals surface area contributed by atoms with E-state index in [2.05, 4.69) is 19.1 Å². The lowest BCUT2D eigenvalue weighted by molar-refractivity contribution is -0.126. The van der Waals surface area contributed by atoms with E-state index < -0.39 is 29.8 Å². The van der Waals surface area contributed by atoms with Gasteiger partial charge in [-0.2, -0.15) is 0 Å². The number of nitrogens with zero attached hydrogens (tertiary/aromatic N) is 1. The van der Waals surface area contributed by atoms with Crippen molar-refractivity contribution in [2.75, 3.05) is 13.7 Å². The Morgan fingerprint density at radius 3 is 2.63 bits per heavy atom. The van der Waals surface area contributed by atoms with E-state index >= 15 is 0 Å². The molecule has 1 saturated heterocycles. The highest BCUT2D eigenvalue weighted by Gasteiger charge is 2.53. The number of ketones is 1. The van der Waals surface area contributed by atoms with E-state index in [1.807, 2.05) is 26.0 Å². The lowest BCUT2D eigenvalue weighted by Crippen LogP contribution is -2.45. The zero-order valence-corrected chi connectivity index (χ0v) is 16.7. The minimum absolute atomic E-state index is 0.0799. The Bertz CT molecular complexity index is 722. The monoisotopic (exact) mass is 373 g/mol. The first-order valence-corrected chi connectivity index (χ1v) is 9.94. The molecule has 0 radical (unpaired) electrons. The van der Waals surface area contributed by atoms with Crippen LogP contribution in [0.1, 0.15) is 40.0 Å². The molecule has 0 spiro atoms. The maximum absolute atomic E-state index is 12.8. The van der Waals surface area contributed by atoms with Gasteiger partial charge in [0.05, 0.1) is 6.61 Å². The summed E-state index contributed by atoms with van der Waals surface area (Å²) < 4.78 is 0.